The number of carbonyl (C=O) groups excluding carboxylic acids is 1. The van der Waals surface area contributed by atoms with Gasteiger partial charge in [0.2, 0.25) is 0 Å². The van der Waals surface area contributed by atoms with Crippen LogP contribution >= 0.6 is 0 Å². The molecule has 0 bridgehead atoms. The first-order chi connectivity index (χ1) is 11.7. The maximum atomic E-state index is 11.9. The molecule has 1 aromatic rings. The molecule has 0 unspecified atom stereocenters. The van der Waals surface area contributed by atoms with Crippen molar-refractivity contribution in [1.82, 2.24) is 0 Å². The highest BCUT2D eigenvalue weighted by atomic mass is 16.6. The molecule has 0 heterocycles. The summed E-state index contributed by atoms with van der Waals surface area (Å²) in [7, 11) is 0. The van der Waals surface area contributed by atoms with Gasteiger partial charge < -0.3 is 30.3 Å². The van der Waals surface area contributed by atoms with Crippen molar-refractivity contribution >= 4 is 18.0 Å². The van der Waals surface area contributed by atoms with Crippen molar-refractivity contribution in [3.8, 4) is 5.75 Å². The van der Waals surface area contributed by atoms with Crippen LogP contribution in [0.4, 0.5) is 0 Å². The van der Waals surface area contributed by atoms with Gasteiger partial charge in [-0.25, -0.2) is 4.79 Å². The fraction of sp³-hybridized carbons (Fsp3) is 0.412. The quantitative estimate of drug-likeness (QED) is 0.369. The molecule has 0 spiro atoms. The number of rotatable bonds is 5. The molecule has 0 amide bonds. The molecule has 1 fully saturated rings. The lowest BCUT2D eigenvalue weighted by atomic mass is 9.77. The first-order valence-electron chi connectivity index (χ1n) is 7.66. The summed E-state index contributed by atoms with van der Waals surface area (Å²) in [6, 6.07) is 6.03. The van der Waals surface area contributed by atoms with Gasteiger partial charge in [0.05, 0.1) is 18.1 Å². The Morgan fingerprint density at radius 1 is 1.20 bits per heavy atom. The van der Waals surface area contributed by atoms with Crippen LogP contribution in [0.15, 0.2) is 30.3 Å². The van der Waals surface area contributed by atoms with E-state index in [-0.39, 0.29) is 18.6 Å². The fourth-order valence-electron chi connectivity index (χ4n) is 2.81. The minimum atomic E-state index is -1.77. The Bertz CT molecular complexity index is 653. The van der Waals surface area contributed by atoms with Crippen molar-refractivity contribution < 1.29 is 39.9 Å². The number of carboxylic acid groups (broad SMARTS) is 1. The topological polar surface area (TPSA) is 145 Å². The molecule has 25 heavy (non-hydrogen) atoms. The minimum absolute atomic E-state index is 0.0803. The molecular weight excluding hydrogens is 332 g/mol. The number of esters is 1. The van der Waals surface area contributed by atoms with E-state index < -0.39 is 42.3 Å². The molecule has 1 aromatic carbocycles. The Hall–Kier alpha value is -2.42. The first kappa shape index (κ1) is 18.9. The smallest absolute Gasteiger partial charge is 0.331 e. The van der Waals surface area contributed by atoms with E-state index in [1.54, 1.807) is 12.1 Å². The van der Waals surface area contributed by atoms with Gasteiger partial charge in [-0.1, -0.05) is 12.1 Å². The molecule has 8 heteroatoms. The van der Waals surface area contributed by atoms with Crippen molar-refractivity contribution in [3.05, 3.63) is 35.9 Å². The maximum Gasteiger partial charge on any atom is 0.331 e. The van der Waals surface area contributed by atoms with E-state index in [0.717, 1.165) is 6.08 Å². The second-order valence-electron chi connectivity index (χ2n) is 6.16. The molecule has 0 saturated heterocycles. The van der Waals surface area contributed by atoms with Gasteiger partial charge in [0, 0.05) is 18.9 Å². The number of hydrogen-bond donors (Lipinski definition) is 5. The molecule has 0 aromatic heterocycles. The van der Waals surface area contributed by atoms with Gasteiger partial charge >= 0.3 is 11.9 Å². The Morgan fingerprint density at radius 3 is 2.44 bits per heavy atom. The van der Waals surface area contributed by atoms with Crippen LogP contribution in [-0.2, 0) is 14.3 Å². The zero-order valence-corrected chi connectivity index (χ0v) is 13.3. The third kappa shape index (κ3) is 5.28. The summed E-state index contributed by atoms with van der Waals surface area (Å²) in [5.41, 5.74) is -1.14. The van der Waals surface area contributed by atoms with Crippen molar-refractivity contribution in [2.24, 2.45) is 0 Å². The number of carbonyl (C=O) groups is 2. The number of phenolic OH excluding ortho intramolecular Hbond substituents is 1. The van der Waals surface area contributed by atoms with E-state index in [1.807, 2.05) is 0 Å². The van der Waals surface area contributed by atoms with Gasteiger partial charge in [-0.3, -0.25) is 4.79 Å². The van der Waals surface area contributed by atoms with E-state index in [2.05, 4.69) is 0 Å². The molecular formula is C17H20O8. The first-order valence-corrected chi connectivity index (χ1v) is 7.66. The summed E-state index contributed by atoms with van der Waals surface area (Å²) in [5, 5.41) is 48.0. The molecule has 1 aliphatic carbocycles. The maximum absolute atomic E-state index is 11.9. The van der Waals surface area contributed by atoms with Gasteiger partial charge in [0.1, 0.15) is 18.0 Å². The number of aliphatic hydroxyl groups excluding tert-OH is 2. The summed E-state index contributed by atoms with van der Waals surface area (Å²) >= 11 is 0. The van der Waals surface area contributed by atoms with Crippen LogP contribution in [0.25, 0.3) is 6.08 Å². The highest BCUT2D eigenvalue weighted by Crippen LogP contribution is 2.33. The number of aliphatic carboxylic acids is 1. The summed E-state index contributed by atoms with van der Waals surface area (Å²) in [6.07, 6.45) is -2.78. The second kappa shape index (κ2) is 7.64. The molecule has 8 nitrogen and oxygen atoms in total. The van der Waals surface area contributed by atoms with Gasteiger partial charge in [-0.05, 0) is 23.8 Å². The predicted molar refractivity (Wildman–Crippen MR) is 85.5 cm³/mol. The standard InChI is InChI=1S/C17H20O8/c18-11-4-1-10(2-5-11)3-6-15(22)25-13-8-17(24,9-14(20)21)7-12(19)16(13)23/h1-6,12-13,16,18-19,23-24H,7-9H2,(H,20,21)/t12-,13-,16-,17+/m1/s1. The van der Waals surface area contributed by atoms with Gasteiger partial charge in [0.15, 0.2) is 0 Å². The van der Waals surface area contributed by atoms with Crippen LogP contribution in [0.1, 0.15) is 24.8 Å². The van der Waals surface area contributed by atoms with Crippen LogP contribution < -0.4 is 0 Å². The van der Waals surface area contributed by atoms with Crippen LogP contribution in [0.5, 0.6) is 5.75 Å². The van der Waals surface area contributed by atoms with Crippen molar-refractivity contribution in [3.63, 3.8) is 0 Å². The Balaban J connectivity index is 2.02. The summed E-state index contributed by atoms with van der Waals surface area (Å²) in [4.78, 5) is 22.7. The predicted octanol–water partition coefficient (Wildman–Crippen LogP) is 0.0386. The molecule has 1 saturated carbocycles. The van der Waals surface area contributed by atoms with E-state index in [1.165, 1.54) is 18.2 Å². The average molecular weight is 352 g/mol. The minimum Gasteiger partial charge on any atom is -0.508 e. The number of aliphatic hydroxyl groups is 3. The average Bonchev–Trinajstić information content (AvgIpc) is 2.50. The summed E-state index contributed by atoms with van der Waals surface area (Å²) in [5.74, 6) is -2.00. The number of aromatic hydroxyl groups is 1. The van der Waals surface area contributed by atoms with E-state index in [0.29, 0.717) is 5.56 Å². The second-order valence-corrected chi connectivity index (χ2v) is 6.16. The Labute approximate surface area is 143 Å². The van der Waals surface area contributed by atoms with Crippen LogP contribution in [-0.4, -0.2) is 61.4 Å². The molecule has 4 atom stereocenters. The number of carboxylic acids is 1. The molecule has 0 radical (unpaired) electrons. The van der Waals surface area contributed by atoms with Gasteiger partial charge in [-0.15, -0.1) is 0 Å². The third-order valence-electron chi connectivity index (χ3n) is 4.00. The number of phenols is 1. The van der Waals surface area contributed by atoms with Crippen LogP contribution in [0, 0.1) is 0 Å². The Kier molecular flexibility index (Phi) is 5.78. The van der Waals surface area contributed by atoms with Gasteiger partial charge in [-0.2, -0.15) is 0 Å². The molecule has 0 aliphatic heterocycles. The van der Waals surface area contributed by atoms with Crippen molar-refractivity contribution in [2.45, 2.75) is 43.2 Å². The lowest BCUT2D eigenvalue weighted by Gasteiger charge is -2.40. The zero-order valence-electron chi connectivity index (χ0n) is 13.3. The van der Waals surface area contributed by atoms with Crippen molar-refractivity contribution in [1.29, 1.82) is 0 Å². The van der Waals surface area contributed by atoms with Crippen LogP contribution in [0.3, 0.4) is 0 Å². The lowest BCUT2D eigenvalue weighted by molar-refractivity contribution is -0.185. The largest absolute Gasteiger partial charge is 0.508 e. The number of hydrogen-bond acceptors (Lipinski definition) is 7. The fourth-order valence-corrected chi connectivity index (χ4v) is 2.81. The monoisotopic (exact) mass is 352 g/mol. The van der Waals surface area contributed by atoms with Crippen molar-refractivity contribution in [2.75, 3.05) is 0 Å². The zero-order chi connectivity index (χ0) is 18.6. The van der Waals surface area contributed by atoms with Gasteiger partial charge in [0.25, 0.3) is 0 Å². The molecule has 136 valence electrons. The third-order valence-corrected chi connectivity index (χ3v) is 4.00. The SMILES string of the molecule is O=C(O)C[C@]1(O)C[C@@H](O)[C@@H](O)[C@H](OC(=O)C=Cc2ccc(O)cc2)C1. The highest BCUT2D eigenvalue weighted by Gasteiger charge is 2.46. The lowest BCUT2D eigenvalue weighted by Crippen LogP contribution is -2.54. The molecule has 5 N–H and O–H groups in total. The normalized spacial score (nSPS) is 29.5. The highest BCUT2D eigenvalue weighted by molar-refractivity contribution is 5.87. The molecule has 1 aliphatic rings. The Morgan fingerprint density at radius 2 is 1.84 bits per heavy atom. The number of benzene rings is 1. The number of ether oxygens (including phenoxy) is 1. The van der Waals surface area contributed by atoms with E-state index in [4.69, 9.17) is 9.84 Å². The summed E-state index contributed by atoms with van der Waals surface area (Å²) in [6.45, 7) is 0. The summed E-state index contributed by atoms with van der Waals surface area (Å²) < 4.78 is 5.06. The van der Waals surface area contributed by atoms with E-state index in [9.17, 15) is 30.0 Å². The van der Waals surface area contributed by atoms with E-state index >= 15 is 0 Å². The van der Waals surface area contributed by atoms with Crippen LogP contribution in [0.2, 0.25) is 0 Å². The molecule has 2 rings (SSSR count).